The van der Waals surface area contributed by atoms with Crippen LogP contribution in [0.15, 0.2) is 30.3 Å². The lowest BCUT2D eigenvalue weighted by atomic mass is 9.99. The van der Waals surface area contributed by atoms with Gasteiger partial charge in [-0.2, -0.15) is 0 Å². The molecule has 0 amide bonds. The van der Waals surface area contributed by atoms with Gasteiger partial charge in [0, 0.05) is 12.8 Å². The van der Waals surface area contributed by atoms with Gasteiger partial charge in [-0.15, -0.1) is 0 Å². The van der Waals surface area contributed by atoms with Crippen molar-refractivity contribution in [2.24, 2.45) is 0 Å². The number of phenols is 2. The van der Waals surface area contributed by atoms with Gasteiger partial charge < -0.3 is 29.5 Å². The molecule has 1 atom stereocenters. The maximum atomic E-state index is 12.2. The van der Waals surface area contributed by atoms with E-state index >= 15 is 0 Å². The summed E-state index contributed by atoms with van der Waals surface area (Å²) in [6.45, 7) is 0. The average molecular weight is 404 g/mol. The first-order valence-corrected chi connectivity index (χ1v) is 9.37. The van der Waals surface area contributed by atoms with Crippen molar-refractivity contribution in [3.63, 3.8) is 0 Å². The number of methoxy groups -OCH3 is 3. The van der Waals surface area contributed by atoms with Gasteiger partial charge >= 0.3 is 0 Å². The van der Waals surface area contributed by atoms with Crippen molar-refractivity contribution in [3.8, 4) is 28.7 Å². The monoisotopic (exact) mass is 404 g/mol. The molecule has 0 bridgehead atoms. The molecule has 2 aromatic carbocycles. The van der Waals surface area contributed by atoms with Crippen molar-refractivity contribution in [1.29, 1.82) is 0 Å². The second kappa shape index (κ2) is 10.6. The molecule has 0 saturated carbocycles. The number of ether oxygens (including phenoxy) is 3. The lowest BCUT2D eigenvalue weighted by Crippen LogP contribution is -2.15. The van der Waals surface area contributed by atoms with E-state index in [4.69, 9.17) is 14.2 Å². The van der Waals surface area contributed by atoms with Crippen LogP contribution in [0, 0.1) is 0 Å². The van der Waals surface area contributed by atoms with Gasteiger partial charge in [0.05, 0.1) is 27.4 Å². The Morgan fingerprint density at radius 1 is 0.897 bits per heavy atom. The maximum absolute atomic E-state index is 12.2. The van der Waals surface area contributed by atoms with Crippen molar-refractivity contribution in [2.45, 2.75) is 38.2 Å². The van der Waals surface area contributed by atoms with Gasteiger partial charge in [-0.1, -0.05) is 6.07 Å². The quantitative estimate of drug-likeness (QED) is 0.529. The largest absolute Gasteiger partial charge is 0.504 e. The van der Waals surface area contributed by atoms with E-state index in [1.165, 1.54) is 21.3 Å². The number of rotatable bonds is 11. The van der Waals surface area contributed by atoms with Gasteiger partial charge in [0.25, 0.3) is 0 Å². The smallest absolute Gasteiger partial charge is 0.200 e. The number of aliphatic hydroxyl groups excluding tert-OH is 1. The Morgan fingerprint density at radius 3 is 2.07 bits per heavy atom. The van der Waals surface area contributed by atoms with Gasteiger partial charge in [-0.05, 0) is 54.7 Å². The van der Waals surface area contributed by atoms with E-state index < -0.39 is 6.10 Å². The van der Waals surface area contributed by atoms with Crippen molar-refractivity contribution in [2.75, 3.05) is 21.3 Å². The Hall–Kier alpha value is -2.93. The summed E-state index contributed by atoms with van der Waals surface area (Å²) in [4.78, 5) is 12.2. The zero-order valence-corrected chi connectivity index (χ0v) is 17.0. The molecule has 0 spiro atoms. The van der Waals surface area contributed by atoms with E-state index in [9.17, 15) is 20.1 Å². The molecule has 3 N–H and O–H groups in total. The number of hydrogen-bond acceptors (Lipinski definition) is 7. The van der Waals surface area contributed by atoms with Crippen LogP contribution >= 0.6 is 0 Å². The molecule has 0 radical (unpaired) electrons. The number of benzene rings is 2. The molecule has 0 unspecified atom stereocenters. The molecule has 29 heavy (non-hydrogen) atoms. The normalized spacial score (nSPS) is 11.7. The maximum Gasteiger partial charge on any atom is 0.200 e. The number of hydrogen-bond donors (Lipinski definition) is 3. The molecule has 7 nitrogen and oxygen atoms in total. The summed E-state index contributed by atoms with van der Waals surface area (Å²) in [5.74, 6) is 0.896. The summed E-state index contributed by atoms with van der Waals surface area (Å²) in [5, 5.41) is 29.7. The van der Waals surface area contributed by atoms with Crippen LogP contribution in [0.25, 0.3) is 0 Å². The number of phenolic OH excluding ortho intramolecular Hbond substituents is 2. The third-order valence-electron chi connectivity index (χ3n) is 4.71. The van der Waals surface area contributed by atoms with E-state index in [1.54, 1.807) is 30.3 Å². The minimum Gasteiger partial charge on any atom is -0.504 e. The van der Waals surface area contributed by atoms with E-state index in [2.05, 4.69) is 0 Å². The minimum absolute atomic E-state index is 0.0493. The summed E-state index contributed by atoms with van der Waals surface area (Å²) in [6.07, 6.45) is 1.04. The molecule has 0 fully saturated rings. The molecule has 158 valence electrons. The second-order valence-electron chi connectivity index (χ2n) is 6.79. The summed E-state index contributed by atoms with van der Waals surface area (Å²) < 4.78 is 15.3. The topological polar surface area (TPSA) is 105 Å². The van der Waals surface area contributed by atoms with Crippen LogP contribution in [0.5, 0.6) is 28.7 Å². The number of aryl methyl sites for hydroxylation is 2. The summed E-state index contributed by atoms with van der Waals surface area (Å²) in [5.41, 5.74) is 1.71. The Labute approximate surface area is 170 Å². The zero-order valence-electron chi connectivity index (χ0n) is 17.0. The van der Waals surface area contributed by atoms with E-state index in [0.29, 0.717) is 25.0 Å². The van der Waals surface area contributed by atoms with E-state index in [0.717, 1.165) is 11.1 Å². The number of carbonyl (C=O) groups excluding carboxylic acids is 1. The van der Waals surface area contributed by atoms with Crippen LogP contribution in [0.4, 0.5) is 0 Å². The molecule has 2 aromatic rings. The number of aromatic hydroxyl groups is 2. The molecule has 0 aliphatic heterocycles. The van der Waals surface area contributed by atoms with Gasteiger partial charge in [-0.25, -0.2) is 0 Å². The number of aliphatic hydroxyl groups is 1. The highest BCUT2D eigenvalue weighted by atomic mass is 16.5. The highest BCUT2D eigenvalue weighted by Gasteiger charge is 2.15. The van der Waals surface area contributed by atoms with Gasteiger partial charge in [0.1, 0.15) is 5.78 Å². The molecular weight excluding hydrogens is 376 g/mol. The second-order valence-corrected chi connectivity index (χ2v) is 6.79. The predicted octanol–water partition coefficient (Wildman–Crippen LogP) is 3.01. The molecular formula is C22H28O7. The molecule has 0 heterocycles. The molecule has 0 saturated heterocycles. The molecule has 0 aliphatic carbocycles. The molecule has 2 rings (SSSR count). The zero-order chi connectivity index (χ0) is 21.4. The Bertz CT molecular complexity index is 807. The molecule has 0 aromatic heterocycles. The average Bonchev–Trinajstić information content (AvgIpc) is 2.72. The van der Waals surface area contributed by atoms with Gasteiger partial charge in [-0.3, -0.25) is 4.79 Å². The fourth-order valence-electron chi connectivity index (χ4n) is 3.05. The first kappa shape index (κ1) is 22.4. The van der Waals surface area contributed by atoms with Crippen LogP contribution in [0.1, 0.15) is 30.4 Å². The fraction of sp³-hybridized carbons (Fsp3) is 0.409. The Balaban J connectivity index is 1.84. The summed E-state index contributed by atoms with van der Waals surface area (Å²) in [6, 6.07) is 8.36. The Morgan fingerprint density at radius 2 is 1.48 bits per heavy atom. The SMILES string of the molecule is COc1cc(CC[C@@H](O)CC(=O)CCc2cc(OC)c(O)c(OC)c2)ccc1O. The van der Waals surface area contributed by atoms with Gasteiger partial charge in [0.15, 0.2) is 23.0 Å². The lowest BCUT2D eigenvalue weighted by Gasteiger charge is -2.12. The van der Waals surface area contributed by atoms with Crippen LogP contribution < -0.4 is 14.2 Å². The summed E-state index contributed by atoms with van der Waals surface area (Å²) in [7, 11) is 4.37. The minimum atomic E-state index is -0.744. The fourth-order valence-corrected chi connectivity index (χ4v) is 3.05. The van der Waals surface area contributed by atoms with Crippen LogP contribution in [0.3, 0.4) is 0 Å². The first-order valence-electron chi connectivity index (χ1n) is 9.37. The highest BCUT2D eigenvalue weighted by Crippen LogP contribution is 2.37. The van der Waals surface area contributed by atoms with Crippen LogP contribution in [0.2, 0.25) is 0 Å². The van der Waals surface area contributed by atoms with Crippen molar-refractivity contribution >= 4 is 5.78 Å². The highest BCUT2D eigenvalue weighted by molar-refractivity contribution is 5.79. The third-order valence-corrected chi connectivity index (χ3v) is 4.71. The third kappa shape index (κ3) is 6.29. The van der Waals surface area contributed by atoms with E-state index in [-0.39, 0.29) is 41.6 Å². The Kier molecular flexibility index (Phi) is 8.15. The predicted molar refractivity (Wildman–Crippen MR) is 108 cm³/mol. The summed E-state index contributed by atoms with van der Waals surface area (Å²) >= 11 is 0. The van der Waals surface area contributed by atoms with Crippen molar-refractivity contribution < 1.29 is 34.3 Å². The number of ketones is 1. The van der Waals surface area contributed by atoms with E-state index in [1.807, 2.05) is 0 Å². The van der Waals surface area contributed by atoms with Crippen LogP contribution in [-0.2, 0) is 17.6 Å². The standard InChI is InChI=1S/C22H28O7/c1-27-19-10-14(6-9-18(19)25)4-7-16(23)13-17(24)8-5-15-11-20(28-2)22(26)21(12-15)29-3/h6,9-12,16,23,25-26H,4-5,7-8,13H2,1-3H3/t16-/m1/s1. The molecule has 7 heteroatoms. The lowest BCUT2D eigenvalue weighted by molar-refractivity contribution is -0.121. The van der Waals surface area contributed by atoms with Crippen LogP contribution in [-0.4, -0.2) is 48.5 Å². The number of Topliss-reactive ketones (excluding diaryl/α,β-unsaturated/α-hetero) is 1. The molecule has 0 aliphatic rings. The first-order chi connectivity index (χ1) is 13.9. The van der Waals surface area contributed by atoms with Gasteiger partial charge in [0.2, 0.25) is 5.75 Å². The van der Waals surface area contributed by atoms with Crippen molar-refractivity contribution in [3.05, 3.63) is 41.5 Å². The van der Waals surface area contributed by atoms with Crippen molar-refractivity contribution in [1.82, 2.24) is 0 Å². The number of carbonyl (C=O) groups is 1.